The Balaban J connectivity index is 1.32. The Bertz CT molecular complexity index is 2520. The van der Waals surface area contributed by atoms with Crippen molar-refractivity contribution in [2.75, 3.05) is 0 Å². The highest BCUT2D eigenvalue weighted by atomic mass is 14.3. The number of hydrogen-bond donors (Lipinski definition) is 0. The minimum Gasteiger partial charge on any atom is -0.0664 e. The van der Waals surface area contributed by atoms with E-state index in [1.165, 1.54) is 87.7 Å². The fraction of sp³-hybridized carbons (Fsp3) is 0. The molecule has 0 spiro atoms. The molecule has 0 radical (unpaired) electrons. The normalized spacial score (nSPS) is 14.8. The van der Waals surface area contributed by atoms with Crippen molar-refractivity contribution in [3.05, 3.63) is 121 Å². The minimum atomic E-state index is 0.129. The van der Waals surface area contributed by atoms with Gasteiger partial charge < -0.3 is 0 Å². The largest absolute Gasteiger partial charge is 0.244 e. The first-order valence-electron chi connectivity index (χ1n) is 15.9. The standard InChI is InChI=1S/C40H20B2/c1-3-13-31-23(7-1)27-9-5-11-29-25-17-15-22-20-34-38-26(18-16-21-19-33(41(31)39(27)29)37(25)35(22)36(21)38)30-12-6-10-28-24-8-2-4-14-32(24)42(34)40(28)30/h1-20H/i15D,16D. The third-order valence-corrected chi connectivity index (χ3v) is 10.9. The van der Waals surface area contributed by atoms with E-state index in [1.54, 1.807) is 0 Å². The van der Waals surface area contributed by atoms with Gasteiger partial charge in [-0.2, -0.15) is 0 Å². The molecule has 186 valence electrons. The van der Waals surface area contributed by atoms with Gasteiger partial charge in [0.2, 0.25) is 13.4 Å². The number of rotatable bonds is 0. The van der Waals surface area contributed by atoms with Crippen LogP contribution in [0.2, 0.25) is 0 Å². The summed E-state index contributed by atoms with van der Waals surface area (Å²) in [6.45, 7) is 0.258. The van der Waals surface area contributed by atoms with Crippen LogP contribution in [0.3, 0.4) is 0 Å². The molecule has 2 heteroatoms. The zero-order chi connectivity index (χ0) is 28.6. The monoisotopic (exact) mass is 524 g/mol. The summed E-state index contributed by atoms with van der Waals surface area (Å²) in [4.78, 5) is 0. The summed E-state index contributed by atoms with van der Waals surface area (Å²) < 4.78 is 19.0. The third kappa shape index (κ3) is 2.08. The Kier molecular flexibility index (Phi) is 3.05. The maximum absolute atomic E-state index is 9.51. The Morgan fingerprint density at radius 2 is 0.762 bits per heavy atom. The molecule has 12 rings (SSSR count). The van der Waals surface area contributed by atoms with E-state index in [-0.39, 0.29) is 13.4 Å². The van der Waals surface area contributed by atoms with Crippen molar-refractivity contribution in [3.63, 3.8) is 0 Å². The van der Waals surface area contributed by atoms with Gasteiger partial charge in [-0.15, -0.1) is 0 Å². The summed E-state index contributed by atoms with van der Waals surface area (Å²) >= 11 is 0. The summed E-state index contributed by atoms with van der Waals surface area (Å²) in [7, 11) is 0. The van der Waals surface area contributed by atoms with Crippen LogP contribution < -0.4 is 32.8 Å². The first kappa shape index (κ1) is 19.1. The summed E-state index contributed by atoms with van der Waals surface area (Å²) in [5.74, 6) is 0. The number of fused-ring (bicyclic) bond motifs is 10. The molecule has 4 heterocycles. The summed E-state index contributed by atoms with van der Waals surface area (Å²) in [6.07, 6.45) is 0. The van der Waals surface area contributed by atoms with Crippen molar-refractivity contribution in [2.24, 2.45) is 0 Å². The van der Waals surface area contributed by atoms with Gasteiger partial charge in [0.15, 0.2) is 0 Å². The smallest absolute Gasteiger partial charge is 0.0664 e. The molecule has 0 atom stereocenters. The predicted octanol–water partition coefficient (Wildman–Crippen LogP) is 5.54. The fourth-order valence-electron chi connectivity index (χ4n) is 9.45. The second kappa shape index (κ2) is 6.69. The summed E-state index contributed by atoms with van der Waals surface area (Å²) in [5, 5.41) is 6.88. The lowest BCUT2D eigenvalue weighted by molar-refractivity contribution is 1.67. The lowest BCUT2D eigenvalue weighted by Crippen LogP contribution is -2.52. The highest BCUT2D eigenvalue weighted by molar-refractivity contribution is 7.03. The highest BCUT2D eigenvalue weighted by Gasteiger charge is 2.43. The molecule has 4 aliphatic heterocycles. The van der Waals surface area contributed by atoms with Gasteiger partial charge in [0.1, 0.15) is 0 Å². The molecule has 42 heavy (non-hydrogen) atoms. The molecule has 0 saturated carbocycles. The van der Waals surface area contributed by atoms with Crippen LogP contribution >= 0.6 is 0 Å². The van der Waals surface area contributed by atoms with Crippen molar-refractivity contribution >= 4 is 78.5 Å². The van der Waals surface area contributed by atoms with Gasteiger partial charge in [0.05, 0.1) is 2.74 Å². The number of benzene rings is 8. The fourth-order valence-corrected chi connectivity index (χ4v) is 9.45. The summed E-state index contributed by atoms with van der Waals surface area (Å²) in [5.41, 5.74) is 18.0. The van der Waals surface area contributed by atoms with Crippen LogP contribution in [0.5, 0.6) is 0 Å². The van der Waals surface area contributed by atoms with Crippen molar-refractivity contribution < 1.29 is 2.74 Å². The molecule has 0 aliphatic carbocycles. The molecular weight excluding hydrogens is 502 g/mol. The Morgan fingerprint density at radius 1 is 0.357 bits per heavy atom. The molecule has 8 aromatic carbocycles. The Hall–Kier alpha value is -5.07. The van der Waals surface area contributed by atoms with Gasteiger partial charge in [-0.25, -0.2) is 0 Å². The maximum Gasteiger partial charge on any atom is 0.244 e. The van der Waals surface area contributed by atoms with Crippen LogP contribution in [0.15, 0.2) is 121 Å². The SMILES string of the molecule is [2H]c1cc2c3c(cc4c([2H])cc5c6c(cc1c3c46)B1c3ccccc3-c3cccc-5c31)B1c3ccccc3-c3cccc-2c31. The van der Waals surface area contributed by atoms with Gasteiger partial charge in [-0.1, -0.05) is 154 Å². The van der Waals surface area contributed by atoms with Crippen LogP contribution in [-0.2, 0) is 0 Å². The highest BCUT2D eigenvalue weighted by Crippen LogP contribution is 2.45. The third-order valence-electron chi connectivity index (χ3n) is 10.9. The summed E-state index contributed by atoms with van der Waals surface area (Å²) in [6, 6.07) is 41.2. The van der Waals surface area contributed by atoms with E-state index in [2.05, 4.69) is 109 Å². The lowest BCUT2D eigenvalue weighted by atomic mass is 9.34. The zero-order valence-electron chi connectivity index (χ0n) is 24.5. The molecule has 0 fully saturated rings. The van der Waals surface area contributed by atoms with Crippen LogP contribution in [0, 0.1) is 0 Å². The molecule has 0 aromatic heterocycles. The van der Waals surface area contributed by atoms with Gasteiger partial charge in [-0.05, 0) is 76.8 Å². The van der Waals surface area contributed by atoms with Crippen LogP contribution in [0.4, 0.5) is 0 Å². The van der Waals surface area contributed by atoms with Crippen molar-refractivity contribution in [1.29, 1.82) is 0 Å². The van der Waals surface area contributed by atoms with E-state index < -0.39 is 0 Å². The molecule has 4 aliphatic rings. The Morgan fingerprint density at radius 3 is 1.24 bits per heavy atom. The van der Waals surface area contributed by atoms with Crippen LogP contribution in [-0.4, -0.2) is 13.4 Å². The van der Waals surface area contributed by atoms with Crippen LogP contribution in [0.25, 0.3) is 76.8 Å². The van der Waals surface area contributed by atoms with Crippen molar-refractivity contribution in [1.82, 2.24) is 0 Å². The van der Waals surface area contributed by atoms with Crippen molar-refractivity contribution in [2.45, 2.75) is 0 Å². The molecule has 0 N–H and O–H groups in total. The molecular formula is C40H20B2. The van der Waals surface area contributed by atoms with Gasteiger partial charge in [-0.3, -0.25) is 0 Å². The predicted molar refractivity (Wildman–Crippen MR) is 181 cm³/mol. The molecule has 0 bridgehead atoms. The second-order valence-corrected chi connectivity index (χ2v) is 12.5. The average Bonchev–Trinajstić information content (AvgIpc) is 3.58. The molecule has 0 amide bonds. The Labute approximate surface area is 246 Å². The zero-order valence-corrected chi connectivity index (χ0v) is 22.5. The van der Waals surface area contributed by atoms with Gasteiger partial charge >= 0.3 is 0 Å². The quantitative estimate of drug-likeness (QED) is 0.181. The van der Waals surface area contributed by atoms with E-state index >= 15 is 0 Å². The first-order chi connectivity index (χ1) is 21.7. The van der Waals surface area contributed by atoms with E-state index in [9.17, 15) is 2.74 Å². The maximum atomic E-state index is 9.51. The number of hydrogen-bond acceptors (Lipinski definition) is 0. The average molecular weight is 524 g/mol. The van der Waals surface area contributed by atoms with Crippen molar-refractivity contribution in [3.8, 4) is 44.5 Å². The molecule has 0 nitrogen and oxygen atoms in total. The molecule has 8 aromatic rings. The molecule has 0 saturated heterocycles. The molecule has 0 unspecified atom stereocenters. The van der Waals surface area contributed by atoms with E-state index in [0.717, 1.165) is 21.9 Å². The van der Waals surface area contributed by atoms with Gasteiger partial charge in [0, 0.05) is 0 Å². The van der Waals surface area contributed by atoms with E-state index in [4.69, 9.17) is 0 Å². The second-order valence-electron chi connectivity index (χ2n) is 12.5. The van der Waals surface area contributed by atoms with E-state index in [0.29, 0.717) is 12.1 Å². The first-order valence-corrected chi connectivity index (χ1v) is 14.9. The lowest BCUT2D eigenvalue weighted by Gasteiger charge is -2.30. The topological polar surface area (TPSA) is 0 Å². The van der Waals surface area contributed by atoms with Gasteiger partial charge in [0.25, 0.3) is 0 Å². The van der Waals surface area contributed by atoms with Crippen LogP contribution in [0.1, 0.15) is 2.74 Å². The minimum absolute atomic E-state index is 0.129. The van der Waals surface area contributed by atoms with E-state index in [1.807, 2.05) is 0 Å².